The Labute approximate surface area is 133 Å². The van der Waals surface area contributed by atoms with Gasteiger partial charge in [0.15, 0.2) is 0 Å². The molecule has 1 amide bonds. The second-order valence-corrected chi connectivity index (χ2v) is 6.15. The van der Waals surface area contributed by atoms with Crippen LogP contribution in [0.1, 0.15) is 38.1 Å². The first-order chi connectivity index (χ1) is 10.7. The minimum Gasteiger partial charge on any atom is -0.426 e. The Morgan fingerprint density at radius 3 is 2.52 bits per heavy atom. The summed E-state index contributed by atoms with van der Waals surface area (Å²) in [5, 5.41) is 3.12. The molecule has 2 aromatic rings. The second kappa shape index (κ2) is 6.24. The molecule has 1 N–H and O–H groups in total. The van der Waals surface area contributed by atoms with Gasteiger partial charge in [0.2, 0.25) is 0 Å². The van der Waals surface area contributed by atoms with Crippen molar-refractivity contribution >= 4 is 22.8 Å². The molecule has 1 aromatic heterocycles. The monoisotopic (exact) mass is 317 g/mol. The lowest BCUT2D eigenvalue weighted by Crippen LogP contribution is -2.27. The summed E-state index contributed by atoms with van der Waals surface area (Å²) in [6.45, 7) is 7.41. The van der Waals surface area contributed by atoms with E-state index in [2.05, 4.69) is 5.32 Å². The molecule has 0 radical (unpaired) electrons. The first-order valence-corrected chi connectivity index (χ1v) is 7.30. The first-order valence-electron chi connectivity index (χ1n) is 7.30. The van der Waals surface area contributed by atoms with Gasteiger partial charge in [-0.25, -0.2) is 4.79 Å². The molecule has 0 aliphatic rings. The maximum Gasteiger partial charge on any atom is 0.349 e. The Morgan fingerprint density at radius 1 is 1.22 bits per heavy atom. The molecule has 0 spiro atoms. The normalized spacial score (nSPS) is 11.3. The molecule has 0 aliphatic carbocycles. The quantitative estimate of drug-likeness (QED) is 0.534. The topological polar surface area (TPSA) is 85.6 Å². The van der Waals surface area contributed by atoms with E-state index in [0.717, 1.165) is 0 Å². The highest BCUT2D eigenvalue weighted by atomic mass is 16.5. The number of hydrogen-bond acceptors (Lipinski definition) is 5. The molecule has 23 heavy (non-hydrogen) atoms. The van der Waals surface area contributed by atoms with Crippen LogP contribution in [0.3, 0.4) is 0 Å². The molecule has 0 atom stereocenters. The number of carbonyl (C=O) groups is 2. The average molecular weight is 317 g/mol. The van der Waals surface area contributed by atoms with Gasteiger partial charge in [-0.05, 0) is 45.9 Å². The van der Waals surface area contributed by atoms with Crippen molar-refractivity contribution in [2.24, 2.45) is 5.41 Å². The van der Waals surface area contributed by atoms with Gasteiger partial charge in [0.1, 0.15) is 16.9 Å². The zero-order valence-electron chi connectivity index (χ0n) is 13.6. The van der Waals surface area contributed by atoms with E-state index < -0.39 is 22.9 Å². The Bertz CT molecular complexity index is 814. The predicted octanol–water partition coefficient (Wildman–Crippen LogP) is 2.49. The molecular weight excluding hydrogens is 298 g/mol. The van der Waals surface area contributed by atoms with Crippen molar-refractivity contribution in [1.29, 1.82) is 0 Å². The maximum atomic E-state index is 11.9. The van der Waals surface area contributed by atoms with E-state index in [1.165, 1.54) is 12.1 Å². The van der Waals surface area contributed by atoms with Gasteiger partial charge in [-0.3, -0.25) is 9.59 Å². The molecule has 0 fully saturated rings. The van der Waals surface area contributed by atoms with Gasteiger partial charge >= 0.3 is 11.6 Å². The number of fused-ring (bicyclic) bond motifs is 1. The second-order valence-electron chi connectivity index (χ2n) is 6.15. The smallest absolute Gasteiger partial charge is 0.349 e. The van der Waals surface area contributed by atoms with Gasteiger partial charge in [-0.2, -0.15) is 0 Å². The van der Waals surface area contributed by atoms with E-state index in [0.29, 0.717) is 11.9 Å². The molecule has 0 saturated carbocycles. The summed E-state index contributed by atoms with van der Waals surface area (Å²) < 4.78 is 10.4. The lowest BCUT2D eigenvalue weighted by Gasteiger charge is -2.16. The van der Waals surface area contributed by atoms with E-state index in [1.807, 2.05) is 0 Å². The van der Waals surface area contributed by atoms with Gasteiger partial charge in [-0.1, -0.05) is 0 Å². The summed E-state index contributed by atoms with van der Waals surface area (Å²) in [4.78, 5) is 35.6. The van der Waals surface area contributed by atoms with E-state index in [9.17, 15) is 14.4 Å². The van der Waals surface area contributed by atoms with Crippen molar-refractivity contribution in [3.63, 3.8) is 0 Å². The average Bonchev–Trinajstić information content (AvgIpc) is 2.45. The SMILES string of the molecule is CCNC(=O)c1cc2ccc(OC(=O)C(C)(C)C)cc2oc1=O. The van der Waals surface area contributed by atoms with Crippen LogP contribution in [0, 0.1) is 5.41 Å². The van der Waals surface area contributed by atoms with Crippen LogP contribution in [0.5, 0.6) is 5.75 Å². The zero-order valence-corrected chi connectivity index (χ0v) is 13.6. The van der Waals surface area contributed by atoms with Crippen LogP contribution in [-0.2, 0) is 4.79 Å². The van der Waals surface area contributed by atoms with Crippen LogP contribution in [-0.4, -0.2) is 18.4 Å². The predicted molar refractivity (Wildman–Crippen MR) is 85.6 cm³/mol. The largest absolute Gasteiger partial charge is 0.426 e. The van der Waals surface area contributed by atoms with Gasteiger partial charge in [0.25, 0.3) is 5.91 Å². The minimum absolute atomic E-state index is 0.0567. The Balaban J connectivity index is 2.38. The summed E-state index contributed by atoms with van der Waals surface area (Å²) in [5.41, 5.74) is -1.18. The lowest BCUT2D eigenvalue weighted by molar-refractivity contribution is -0.142. The summed E-state index contributed by atoms with van der Waals surface area (Å²) in [6, 6.07) is 6.14. The van der Waals surface area contributed by atoms with Crippen molar-refractivity contribution in [3.05, 3.63) is 40.2 Å². The van der Waals surface area contributed by atoms with Gasteiger partial charge in [0, 0.05) is 18.0 Å². The van der Waals surface area contributed by atoms with Crippen LogP contribution >= 0.6 is 0 Å². The molecular formula is C17H19NO5. The van der Waals surface area contributed by atoms with E-state index in [1.54, 1.807) is 39.8 Å². The van der Waals surface area contributed by atoms with Crippen LogP contribution < -0.4 is 15.7 Å². The molecule has 0 bridgehead atoms. The molecule has 2 rings (SSSR count). The van der Waals surface area contributed by atoms with Crippen molar-refractivity contribution < 1.29 is 18.7 Å². The Hall–Kier alpha value is -2.63. The number of esters is 1. The summed E-state index contributed by atoms with van der Waals surface area (Å²) in [7, 11) is 0. The molecule has 6 nitrogen and oxygen atoms in total. The third-order valence-corrected chi connectivity index (χ3v) is 3.11. The molecule has 1 aromatic carbocycles. The van der Waals surface area contributed by atoms with Gasteiger partial charge in [-0.15, -0.1) is 0 Å². The minimum atomic E-state index is -0.734. The van der Waals surface area contributed by atoms with Crippen molar-refractivity contribution in [1.82, 2.24) is 5.32 Å². The van der Waals surface area contributed by atoms with E-state index >= 15 is 0 Å². The van der Waals surface area contributed by atoms with Gasteiger partial charge < -0.3 is 14.5 Å². The fraction of sp³-hybridized carbons (Fsp3) is 0.353. The van der Waals surface area contributed by atoms with E-state index in [4.69, 9.17) is 9.15 Å². The van der Waals surface area contributed by atoms with Gasteiger partial charge in [0.05, 0.1) is 5.41 Å². The van der Waals surface area contributed by atoms with Crippen LogP contribution in [0.15, 0.2) is 33.5 Å². The maximum absolute atomic E-state index is 11.9. The van der Waals surface area contributed by atoms with Crippen LogP contribution in [0.2, 0.25) is 0 Å². The number of amides is 1. The number of benzene rings is 1. The van der Waals surface area contributed by atoms with Crippen LogP contribution in [0.4, 0.5) is 0 Å². The van der Waals surface area contributed by atoms with Crippen molar-refractivity contribution in [2.75, 3.05) is 6.54 Å². The summed E-state index contributed by atoms with van der Waals surface area (Å²) >= 11 is 0. The molecule has 0 unspecified atom stereocenters. The third kappa shape index (κ3) is 3.77. The first kappa shape index (κ1) is 16.7. The standard InChI is InChI=1S/C17H19NO5/c1-5-18-14(19)12-8-10-6-7-11(9-13(10)23-15(12)20)22-16(21)17(2,3)4/h6-9H,5H2,1-4H3,(H,18,19). The third-order valence-electron chi connectivity index (χ3n) is 3.11. The summed E-state index contributed by atoms with van der Waals surface area (Å²) in [6.07, 6.45) is 0. The number of carbonyl (C=O) groups excluding carboxylic acids is 2. The lowest BCUT2D eigenvalue weighted by atomic mass is 9.97. The van der Waals surface area contributed by atoms with Crippen molar-refractivity contribution in [2.45, 2.75) is 27.7 Å². The zero-order chi connectivity index (χ0) is 17.2. The Kier molecular flexibility index (Phi) is 4.54. The molecule has 1 heterocycles. The number of rotatable bonds is 3. The van der Waals surface area contributed by atoms with Crippen molar-refractivity contribution in [3.8, 4) is 5.75 Å². The van der Waals surface area contributed by atoms with E-state index in [-0.39, 0.29) is 16.9 Å². The molecule has 0 saturated heterocycles. The highest BCUT2D eigenvalue weighted by molar-refractivity contribution is 5.96. The number of ether oxygens (including phenoxy) is 1. The number of hydrogen-bond donors (Lipinski definition) is 1. The molecule has 6 heteroatoms. The summed E-state index contributed by atoms with van der Waals surface area (Å²) in [5.74, 6) is -0.587. The molecule has 0 aliphatic heterocycles. The fourth-order valence-corrected chi connectivity index (χ4v) is 1.83. The van der Waals surface area contributed by atoms with Crippen LogP contribution in [0.25, 0.3) is 11.0 Å². The Morgan fingerprint density at radius 2 is 1.91 bits per heavy atom. The fourth-order valence-electron chi connectivity index (χ4n) is 1.83. The highest BCUT2D eigenvalue weighted by Crippen LogP contribution is 2.23. The highest BCUT2D eigenvalue weighted by Gasteiger charge is 2.24. The number of nitrogens with one attached hydrogen (secondary N) is 1. The molecule has 122 valence electrons.